The van der Waals surface area contributed by atoms with Crippen molar-refractivity contribution in [2.75, 3.05) is 17.2 Å². The van der Waals surface area contributed by atoms with Gasteiger partial charge in [-0.2, -0.15) is 0 Å². The Balaban J connectivity index is 1.92. The lowest BCUT2D eigenvalue weighted by Gasteiger charge is -2.22. The highest BCUT2D eigenvalue weighted by molar-refractivity contribution is 9.10. The first-order valence-corrected chi connectivity index (χ1v) is 9.11. The van der Waals surface area contributed by atoms with Crippen LogP contribution >= 0.6 is 15.9 Å². The molecule has 1 fully saturated rings. The Morgan fingerprint density at radius 3 is 2.67 bits per heavy atom. The lowest BCUT2D eigenvalue weighted by molar-refractivity contribution is 0.408. The molecule has 0 unspecified atom stereocenters. The zero-order chi connectivity index (χ0) is 15.0. The summed E-state index contributed by atoms with van der Waals surface area (Å²) in [5.41, 5.74) is 7.31. The van der Waals surface area contributed by atoms with Crippen molar-refractivity contribution in [3.8, 4) is 11.4 Å². The highest BCUT2D eigenvalue weighted by Crippen LogP contribution is 2.30. The summed E-state index contributed by atoms with van der Waals surface area (Å²) in [7, 11) is -2.90. The summed E-state index contributed by atoms with van der Waals surface area (Å²) in [6, 6.07) is 5.52. The fourth-order valence-electron chi connectivity index (χ4n) is 2.43. The second-order valence-electron chi connectivity index (χ2n) is 5.07. The van der Waals surface area contributed by atoms with Crippen LogP contribution in [0.1, 0.15) is 18.9 Å². The Labute approximate surface area is 130 Å². The van der Waals surface area contributed by atoms with Crippen LogP contribution in [0.5, 0.6) is 0 Å². The van der Waals surface area contributed by atoms with E-state index in [0.717, 1.165) is 10.0 Å². The maximum atomic E-state index is 11.5. The Morgan fingerprint density at radius 2 is 2.00 bits per heavy atom. The van der Waals surface area contributed by atoms with E-state index in [1.54, 1.807) is 10.7 Å². The molecule has 3 rings (SSSR count). The molecule has 0 aliphatic carbocycles. The maximum Gasteiger partial charge on any atom is 0.182 e. The number of rotatable bonds is 2. The van der Waals surface area contributed by atoms with E-state index in [1.807, 2.05) is 12.1 Å². The smallest absolute Gasteiger partial charge is 0.182 e. The van der Waals surface area contributed by atoms with Crippen molar-refractivity contribution >= 4 is 31.5 Å². The molecule has 1 saturated heterocycles. The minimum absolute atomic E-state index is 0.00314. The third-order valence-electron chi connectivity index (χ3n) is 3.62. The van der Waals surface area contributed by atoms with Gasteiger partial charge >= 0.3 is 0 Å². The van der Waals surface area contributed by atoms with Gasteiger partial charge in [0, 0.05) is 15.7 Å². The average molecular weight is 372 g/mol. The standard InChI is InChI=1S/C12H14BrN5O2S/c13-10-2-1-8(7-11(10)14)12-15-16-17-18(12)9-3-5-21(19,20)6-4-9/h1-2,7,9H,3-6,14H2. The van der Waals surface area contributed by atoms with Crippen molar-refractivity contribution in [2.45, 2.75) is 18.9 Å². The van der Waals surface area contributed by atoms with Crippen LogP contribution in [0, 0.1) is 0 Å². The first kappa shape index (κ1) is 14.5. The van der Waals surface area contributed by atoms with Crippen LogP contribution in [0.2, 0.25) is 0 Å². The van der Waals surface area contributed by atoms with Crippen LogP contribution in [-0.4, -0.2) is 40.1 Å². The zero-order valence-corrected chi connectivity index (χ0v) is 13.5. The fraction of sp³-hybridized carbons (Fsp3) is 0.417. The molecule has 0 saturated carbocycles. The Morgan fingerprint density at radius 1 is 1.29 bits per heavy atom. The average Bonchev–Trinajstić information content (AvgIpc) is 2.91. The molecule has 21 heavy (non-hydrogen) atoms. The molecule has 1 aliphatic rings. The van der Waals surface area contributed by atoms with E-state index in [4.69, 9.17) is 5.73 Å². The molecule has 0 bridgehead atoms. The minimum atomic E-state index is -2.90. The molecule has 1 aromatic heterocycles. The van der Waals surface area contributed by atoms with Gasteiger partial charge < -0.3 is 5.73 Å². The quantitative estimate of drug-likeness (QED) is 0.800. The van der Waals surface area contributed by atoms with Crippen LogP contribution in [0.25, 0.3) is 11.4 Å². The number of hydrogen-bond donors (Lipinski definition) is 1. The highest BCUT2D eigenvalue weighted by Gasteiger charge is 2.27. The number of nitrogen functional groups attached to an aromatic ring is 1. The van der Waals surface area contributed by atoms with E-state index in [1.165, 1.54) is 0 Å². The van der Waals surface area contributed by atoms with E-state index in [-0.39, 0.29) is 17.5 Å². The van der Waals surface area contributed by atoms with Crippen LogP contribution in [0.3, 0.4) is 0 Å². The van der Waals surface area contributed by atoms with Crippen molar-refractivity contribution in [3.05, 3.63) is 22.7 Å². The largest absolute Gasteiger partial charge is 0.398 e. The molecule has 1 aliphatic heterocycles. The molecule has 1 aromatic carbocycles. The number of sulfone groups is 1. The van der Waals surface area contributed by atoms with Gasteiger partial charge in [-0.3, -0.25) is 0 Å². The van der Waals surface area contributed by atoms with Gasteiger partial charge in [-0.15, -0.1) is 5.10 Å². The normalized spacial score (nSPS) is 18.7. The third kappa shape index (κ3) is 2.93. The molecular weight excluding hydrogens is 358 g/mol. The van der Waals surface area contributed by atoms with E-state index in [2.05, 4.69) is 31.5 Å². The van der Waals surface area contributed by atoms with Gasteiger partial charge in [0.1, 0.15) is 9.84 Å². The third-order valence-corrected chi connectivity index (χ3v) is 6.05. The summed E-state index contributed by atoms with van der Waals surface area (Å²) in [6.45, 7) is 0. The van der Waals surface area contributed by atoms with Gasteiger partial charge in [-0.25, -0.2) is 13.1 Å². The number of benzene rings is 1. The van der Waals surface area contributed by atoms with Crippen molar-refractivity contribution in [1.29, 1.82) is 0 Å². The second kappa shape index (κ2) is 5.38. The Kier molecular flexibility index (Phi) is 3.70. The number of nitrogens with zero attached hydrogens (tertiary/aromatic N) is 4. The highest BCUT2D eigenvalue weighted by atomic mass is 79.9. The molecule has 0 atom stereocenters. The lowest BCUT2D eigenvalue weighted by atomic mass is 10.1. The summed E-state index contributed by atoms with van der Waals surface area (Å²) in [6.07, 6.45) is 1.07. The summed E-state index contributed by atoms with van der Waals surface area (Å²) in [5, 5.41) is 11.8. The van der Waals surface area contributed by atoms with Crippen LogP contribution < -0.4 is 5.73 Å². The van der Waals surface area contributed by atoms with Crippen LogP contribution in [0.4, 0.5) is 5.69 Å². The predicted molar refractivity (Wildman–Crippen MR) is 82.3 cm³/mol. The molecule has 2 N–H and O–H groups in total. The van der Waals surface area contributed by atoms with Crippen molar-refractivity contribution < 1.29 is 8.42 Å². The monoisotopic (exact) mass is 371 g/mol. The maximum absolute atomic E-state index is 11.5. The van der Waals surface area contributed by atoms with Gasteiger partial charge in [0.2, 0.25) is 0 Å². The number of halogens is 1. The predicted octanol–water partition coefficient (Wildman–Crippen LogP) is 1.43. The topological polar surface area (TPSA) is 104 Å². The zero-order valence-electron chi connectivity index (χ0n) is 11.1. The van der Waals surface area contributed by atoms with Crippen molar-refractivity contribution in [1.82, 2.24) is 20.2 Å². The first-order chi connectivity index (χ1) is 9.96. The van der Waals surface area contributed by atoms with Crippen molar-refractivity contribution in [3.63, 3.8) is 0 Å². The number of nitrogens with two attached hydrogens (primary N) is 1. The van der Waals surface area contributed by atoms with Gasteiger partial charge in [-0.1, -0.05) is 0 Å². The Hall–Kier alpha value is -1.48. The molecule has 2 heterocycles. The number of anilines is 1. The first-order valence-electron chi connectivity index (χ1n) is 6.50. The van der Waals surface area contributed by atoms with E-state index in [9.17, 15) is 8.42 Å². The summed E-state index contributed by atoms with van der Waals surface area (Å²) in [4.78, 5) is 0. The molecule has 0 spiro atoms. The van der Waals surface area contributed by atoms with E-state index < -0.39 is 9.84 Å². The summed E-state index contributed by atoms with van der Waals surface area (Å²) < 4.78 is 25.6. The lowest BCUT2D eigenvalue weighted by Crippen LogP contribution is -2.26. The van der Waals surface area contributed by atoms with Gasteiger partial charge in [-0.05, 0) is 57.4 Å². The van der Waals surface area contributed by atoms with Gasteiger partial charge in [0.15, 0.2) is 5.82 Å². The molecule has 0 radical (unpaired) electrons. The van der Waals surface area contributed by atoms with Crippen molar-refractivity contribution in [2.24, 2.45) is 0 Å². The summed E-state index contributed by atoms with van der Waals surface area (Å²) in [5.74, 6) is 0.970. The SMILES string of the molecule is Nc1cc(-c2nnnn2C2CCS(=O)(=O)CC2)ccc1Br. The number of hydrogen-bond acceptors (Lipinski definition) is 6. The molecule has 2 aromatic rings. The van der Waals surface area contributed by atoms with Crippen LogP contribution in [0.15, 0.2) is 22.7 Å². The minimum Gasteiger partial charge on any atom is -0.398 e. The molecule has 112 valence electrons. The Bertz CT molecular complexity index is 760. The van der Waals surface area contributed by atoms with Crippen LogP contribution in [-0.2, 0) is 9.84 Å². The van der Waals surface area contributed by atoms with E-state index in [0.29, 0.717) is 24.4 Å². The fourth-order valence-corrected chi connectivity index (χ4v) is 4.15. The van der Waals surface area contributed by atoms with E-state index >= 15 is 0 Å². The number of aromatic nitrogens is 4. The molecule has 7 nitrogen and oxygen atoms in total. The summed E-state index contributed by atoms with van der Waals surface area (Å²) >= 11 is 3.35. The molecule has 0 amide bonds. The number of tetrazole rings is 1. The second-order valence-corrected chi connectivity index (χ2v) is 8.22. The van der Waals surface area contributed by atoms with Gasteiger partial charge in [0.05, 0.1) is 17.5 Å². The molecular formula is C12H14BrN5O2S. The van der Waals surface area contributed by atoms with Gasteiger partial charge in [0.25, 0.3) is 0 Å². The molecule has 9 heteroatoms.